The first-order valence-corrected chi connectivity index (χ1v) is 6.11. The van der Waals surface area contributed by atoms with Gasteiger partial charge in [0.25, 0.3) is 0 Å². The van der Waals surface area contributed by atoms with E-state index >= 15 is 0 Å². The molecule has 0 spiro atoms. The third-order valence-corrected chi connectivity index (χ3v) is 3.89. The molecule has 1 heteroatoms. The highest BCUT2D eigenvalue weighted by Gasteiger charge is 2.23. The molecule has 15 heavy (non-hydrogen) atoms. The molecule has 1 aliphatic heterocycles. The molecule has 0 bridgehead atoms. The summed E-state index contributed by atoms with van der Waals surface area (Å²) in [4.78, 5) is 2.56. The molecule has 1 aromatic rings. The molecular weight excluding hydrogens is 182 g/mol. The number of hydrogen-bond donors (Lipinski definition) is 0. The summed E-state index contributed by atoms with van der Waals surface area (Å²) in [6.07, 6.45) is 3.99. The van der Waals surface area contributed by atoms with Gasteiger partial charge in [0.2, 0.25) is 0 Å². The summed E-state index contributed by atoms with van der Waals surface area (Å²) in [6.45, 7) is 6.92. The van der Waals surface area contributed by atoms with Crippen LogP contribution in [0.2, 0.25) is 0 Å². The monoisotopic (exact) mass is 201 g/mol. The van der Waals surface area contributed by atoms with Crippen molar-refractivity contribution in [1.82, 2.24) is 4.90 Å². The maximum absolute atomic E-state index is 2.56. The van der Waals surface area contributed by atoms with Crippen molar-refractivity contribution in [2.75, 3.05) is 0 Å². The van der Waals surface area contributed by atoms with Gasteiger partial charge in [-0.1, -0.05) is 12.1 Å². The number of nitrogens with zero attached hydrogens (tertiary/aromatic N) is 1. The van der Waals surface area contributed by atoms with Gasteiger partial charge >= 0.3 is 0 Å². The summed E-state index contributed by atoms with van der Waals surface area (Å²) in [5.41, 5.74) is 6.42. The van der Waals surface area contributed by atoms with E-state index in [1.54, 1.807) is 22.3 Å². The molecule has 0 saturated carbocycles. The van der Waals surface area contributed by atoms with Crippen molar-refractivity contribution < 1.29 is 0 Å². The zero-order valence-electron chi connectivity index (χ0n) is 9.71. The van der Waals surface area contributed by atoms with E-state index in [2.05, 4.69) is 30.9 Å². The summed E-state index contributed by atoms with van der Waals surface area (Å²) in [5, 5.41) is 0. The molecule has 0 amide bonds. The first-order valence-electron chi connectivity index (χ1n) is 6.11. The number of aryl methyl sites for hydroxylation is 2. The minimum atomic E-state index is 0.673. The SMILES string of the molecule is CC(C)N1Cc2cc3c(cc2C1)CCC3. The maximum Gasteiger partial charge on any atom is 0.0243 e. The van der Waals surface area contributed by atoms with E-state index in [0.717, 1.165) is 0 Å². The van der Waals surface area contributed by atoms with Gasteiger partial charge in [0.15, 0.2) is 0 Å². The lowest BCUT2D eigenvalue weighted by Crippen LogP contribution is -2.24. The second-order valence-corrected chi connectivity index (χ2v) is 5.24. The van der Waals surface area contributed by atoms with E-state index < -0.39 is 0 Å². The summed E-state index contributed by atoms with van der Waals surface area (Å²) in [7, 11) is 0. The Balaban J connectivity index is 1.95. The normalized spacial score (nSPS) is 19.7. The standard InChI is InChI=1S/C14H19N/c1-10(2)15-8-13-6-11-4-3-5-12(11)7-14(13)9-15/h6-7,10H,3-5,8-9H2,1-2H3. The Bertz CT molecular complexity index is 360. The highest BCUT2D eigenvalue weighted by Crippen LogP contribution is 2.31. The van der Waals surface area contributed by atoms with Gasteiger partial charge in [0, 0.05) is 19.1 Å². The molecule has 1 heterocycles. The third kappa shape index (κ3) is 1.50. The first kappa shape index (κ1) is 9.41. The smallest absolute Gasteiger partial charge is 0.0243 e. The van der Waals surface area contributed by atoms with E-state index in [1.807, 2.05) is 0 Å². The molecule has 0 radical (unpaired) electrons. The van der Waals surface area contributed by atoms with Crippen LogP contribution < -0.4 is 0 Å². The van der Waals surface area contributed by atoms with E-state index in [1.165, 1.54) is 32.4 Å². The van der Waals surface area contributed by atoms with Crippen molar-refractivity contribution in [3.63, 3.8) is 0 Å². The van der Waals surface area contributed by atoms with Gasteiger partial charge in [-0.2, -0.15) is 0 Å². The predicted molar refractivity (Wildman–Crippen MR) is 62.9 cm³/mol. The minimum Gasteiger partial charge on any atom is -0.292 e. The fourth-order valence-electron chi connectivity index (χ4n) is 2.88. The zero-order chi connectivity index (χ0) is 10.4. The van der Waals surface area contributed by atoms with Crippen LogP contribution in [-0.4, -0.2) is 10.9 Å². The molecule has 0 aromatic heterocycles. The van der Waals surface area contributed by atoms with Crippen LogP contribution in [0.1, 0.15) is 42.5 Å². The van der Waals surface area contributed by atoms with Gasteiger partial charge in [0.1, 0.15) is 0 Å². The summed E-state index contributed by atoms with van der Waals surface area (Å²) in [5.74, 6) is 0. The van der Waals surface area contributed by atoms with Crippen molar-refractivity contribution in [3.8, 4) is 0 Å². The van der Waals surface area contributed by atoms with Crippen molar-refractivity contribution in [1.29, 1.82) is 0 Å². The van der Waals surface area contributed by atoms with E-state index in [9.17, 15) is 0 Å². The lowest BCUT2D eigenvalue weighted by molar-refractivity contribution is 0.227. The van der Waals surface area contributed by atoms with Crippen molar-refractivity contribution in [2.45, 2.75) is 52.2 Å². The Labute approximate surface area is 92.1 Å². The highest BCUT2D eigenvalue weighted by molar-refractivity contribution is 5.42. The van der Waals surface area contributed by atoms with Gasteiger partial charge in [-0.15, -0.1) is 0 Å². The Kier molecular flexibility index (Phi) is 2.10. The molecule has 0 fully saturated rings. The van der Waals surface area contributed by atoms with E-state index in [0.29, 0.717) is 6.04 Å². The number of rotatable bonds is 1. The largest absolute Gasteiger partial charge is 0.292 e. The van der Waals surface area contributed by atoms with Crippen LogP contribution in [0, 0.1) is 0 Å². The second kappa shape index (κ2) is 3.34. The molecule has 80 valence electrons. The van der Waals surface area contributed by atoms with Crippen molar-refractivity contribution in [2.24, 2.45) is 0 Å². The van der Waals surface area contributed by atoms with Gasteiger partial charge in [0.05, 0.1) is 0 Å². The summed E-state index contributed by atoms with van der Waals surface area (Å²) >= 11 is 0. The predicted octanol–water partition coefficient (Wildman–Crippen LogP) is 2.90. The average molecular weight is 201 g/mol. The number of benzene rings is 1. The van der Waals surface area contributed by atoms with E-state index in [4.69, 9.17) is 0 Å². The van der Waals surface area contributed by atoms with Gasteiger partial charge in [-0.05, 0) is 55.4 Å². The van der Waals surface area contributed by atoms with Crippen LogP contribution in [0.3, 0.4) is 0 Å². The quantitative estimate of drug-likeness (QED) is 0.675. The molecule has 3 rings (SSSR count). The van der Waals surface area contributed by atoms with E-state index in [-0.39, 0.29) is 0 Å². The zero-order valence-corrected chi connectivity index (χ0v) is 9.71. The average Bonchev–Trinajstić information content (AvgIpc) is 2.77. The molecule has 1 aromatic carbocycles. The molecular formula is C14H19N. The fraction of sp³-hybridized carbons (Fsp3) is 0.571. The number of fused-ring (bicyclic) bond motifs is 2. The molecule has 0 N–H and O–H groups in total. The molecule has 2 aliphatic rings. The molecule has 0 saturated heterocycles. The lowest BCUT2D eigenvalue weighted by Gasteiger charge is -2.18. The molecule has 1 nitrogen and oxygen atoms in total. The fourth-order valence-corrected chi connectivity index (χ4v) is 2.88. The van der Waals surface area contributed by atoms with Crippen molar-refractivity contribution in [3.05, 3.63) is 34.4 Å². The van der Waals surface area contributed by atoms with Crippen LogP contribution >= 0.6 is 0 Å². The Morgan fingerprint density at radius 2 is 1.47 bits per heavy atom. The first-order chi connectivity index (χ1) is 7.24. The Morgan fingerprint density at radius 3 is 1.93 bits per heavy atom. The number of hydrogen-bond acceptors (Lipinski definition) is 1. The van der Waals surface area contributed by atoms with Gasteiger partial charge in [-0.25, -0.2) is 0 Å². The molecule has 0 unspecified atom stereocenters. The van der Waals surface area contributed by atoms with Crippen LogP contribution in [0.25, 0.3) is 0 Å². The highest BCUT2D eigenvalue weighted by atomic mass is 15.2. The van der Waals surface area contributed by atoms with Crippen LogP contribution in [-0.2, 0) is 25.9 Å². The molecule has 0 atom stereocenters. The maximum atomic E-state index is 2.56. The third-order valence-electron chi connectivity index (χ3n) is 3.89. The Hall–Kier alpha value is -0.820. The van der Waals surface area contributed by atoms with Crippen LogP contribution in [0.15, 0.2) is 12.1 Å². The Morgan fingerprint density at radius 1 is 0.933 bits per heavy atom. The van der Waals surface area contributed by atoms with Gasteiger partial charge < -0.3 is 0 Å². The lowest BCUT2D eigenvalue weighted by atomic mass is 10.0. The van der Waals surface area contributed by atoms with Gasteiger partial charge in [-0.3, -0.25) is 4.90 Å². The van der Waals surface area contributed by atoms with Crippen LogP contribution in [0.4, 0.5) is 0 Å². The molecule has 1 aliphatic carbocycles. The second-order valence-electron chi connectivity index (χ2n) is 5.24. The summed E-state index contributed by atoms with van der Waals surface area (Å²) in [6, 6.07) is 5.62. The summed E-state index contributed by atoms with van der Waals surface area (Å²) < 4.78 is 0. The topological polar surface area (TPSA) is 3.24 Å². The van der Waals surface area contributed by atoms with Crippen LogP contribution in [0.5, 0.6) is 0 Å². The minimum absolute atomic E-state index is 0.673. The van der Waals surface area contributed by atoms with Crippen molar-refractivity contribution >= 4 is 0 Å².